The van der Waals surface area contributed by atoms with Crippen molar-refractivity contribution in [2.75, 3.05) is 13.2 Å². The Labute approximate surface area is 220 Å². The number of carbonyl (C=O) groups is 2. The summed E-state index contributed by atoms with van der Waals surface area (Å²) in [6.45, 7) is 8.43. The molecule has 3 aromatic carbocycles. The van der Waals surface area contributed by atoms with Crippen LogP contribution in [0.25, 0.3) is 11.1 Å². The van der Waals surface area contributed by atoms with Crippen molar-refractivity contribution in [2.24, 2.45) is 0 Å². The first-order valence-corrected chi connectivity index (χ1v) is 13.0. The minimum atomic E-state index is -0.571. The van der Waals surface area contributed by atoms with Crippen LogP contribution in [0.4, 0.5) is 0 Å². The van der Waals surface area contributed by atoms with Gasteiger partial charge >= 0.3 is 5.97 Å². The Morgan fingerprint density at radius 3 is 2.30 bits per heavy atom. The Kier molecular flexibility index (Phi) is 11.1. The fraction of sp³-hybridized carbons (Fsp3) is 0.312. The number of Topliss-reactive ketones (excluding diaryl/α,β-unsaturated/α-hetero) is 1. The molecule has 0 aromatic heterocycles. The van der Waals surface area contributed by atoms with Crippen molar-refractivity contribution in [1.82, 2.24) is 0 Å². The first kappa shape index (κ1) is 27.9. The number of hydrogen-bond donors (Lipinski definition) is 0. The molecule has 5 heteroatoms. The van der Waals surface area contributed by atoms with E-state index < -0.39 is 11.9 Å². The van der Waals surface area contributed by atoms with Crippen LogP contribution in [0.3, 0.4) is 0 Å². The van der Waals surface area contributed by atoms with Gasteiger partial charge in [-0.05, 0) is 59.5 Å². The maximum absolute atomic E-state index is 13.5. The second kappa shape index (κ2) is 14.8. The van der Waals surface area contributed by atoms with Gasteiger partial charge in [-0.15, -0.1) is 0 Å². The summed E-state index contributed by atoms with van der Waals surface area (Å²) in [6.07, 6.45) is 7.07. The molecule has 0 heterocycles. The maximum atomic E-state index is 13.5. The lowest BCUT2D eigenvalue weighted by molar-refractivity contribution is -0.241. The molecule has 5 nitrogen and oxygen atoms in total. The summed E-state index contributed by atoms with van der Waals surface area (Å²) in [6, 6.07) is 22.2. The predicted molar refractivity (Wildman–Crippen MR) is 147 cm³/mol. The summed E-state index contributed by atoms with van der Waals surface area (Å²) in [5, 5.41) is 0. The number of benzene rings is 3. The quantitative estimate of drug-likeness (QED) is 0.0696. The minimum absolute atomic E-state index is 0.0544. The van der Waals surface area contributed by atoms with Crippen LogP contribution >= 0.6 is 0 Å². The summed E-state index contributed by atoms with van der Waals surface area (Å²) in [5.74, 6) is -0.453. The SMILES string of the molecule is C=CCOc1ccc(C(=O)C(C)c2cc(C(=O)OOCCCCCCC)ccc2-c2ccccc2)cc1. The monoisotopic (exact) mass is 500 g/mol. The first-order chi connectivity index (χ1) is 18.0. The smallest absolute Gasteiger partial charge is 0.373 e. The Morgan fingerprint density at radius 1 is 0.892 bits per heavy atom. The molecule has 0 aliphatic rings. The second-order valence-corrected chi connectivity index (χ2v) is 8.99. The molecule has 3 rings (SSSR count). The summed E-state index contributed by atoms with van der Waals surface area (Å²) >= 11 is 0. The molecule has 37 heavy (non-hydrogen) atoms. The van der Waals surface area contributed by atoms with Gasteiger partial charge in [-0.3, -0.25) is 9.68 Å². The van der Waals surface area contributed by atoms with E-state index in [2.05, 4.69) is 13.5 Å². The molecule has 0 radical (unpaired) electrons. The van der Waals surface area contributed by atoms with Gasteiger partial charge in [0, 0.05) is 11.5 Å². The minimum Gasteiger partial charge on any atom is -0.490 e. The van der Waals surface area contributed by atoms with Crippen LogP contribution in [0.15, 0.2) is 85.5 Å². The highest BCUT2D eigenvalue weighted by atomic mass is 17.2. The van der Waals surface area contributed by atoms with Gasteiger partial charge in [0.2, 0.25) is 0 Å². The molecule has 0 fully saturated rings. The third-order valence-electron chi connectivity index (χ3n) is 6.20. The van der Waals surface area contributed by atoms with E-state index in [4.69, 9.17) is 14.5 Å². The molecule has 3 aromatic rings. The van der Waals surface area contributed by atoms with Gasteiger partial charge in [-0.1, -0.05) is 88.6 Å². The zero-order chi connectivity index (χ0) is 26.5. The highest BCUT2D eigenvalue weighted by Gasteiger charge is 2.23. The van der Waals surface area contributed by atoms with Gasteiger partial charge in [0.1, 0.15) is 12.4 Å². The molecule has 0 amide bonds. The standard InChI is InChI=1S/C32H36O5/c1-4-6-7-8-12-22-36-37-32(34)27-17-20-29(25-13-10-9-11-14-25)30(23-27)24(3)31(33)26-15-18-28(19-16-26)35-21-5-2/h5,9-11,13-20,23-24H,2,4,6-8,12,21-22H2,1,3H3. The van der Waals surface area contributed by atoms with Crippen LogP contribution in [-0.2, 0) is 9.78 Å². The van der Waals surface area contributed by atoms with Crippen LogP contribution in [0.5, 0.6) is 5.75 Å². The number of ketones is 1. The normalized spacial score (nSPS) is 11.5. The lowest BCUT2D eigenvalue weighted by atomic mass is 9.85. The second-order valence-electron chi connectivity index (χ2n) is 8.99. The zero-order valence-electron chi connectivity index (χ0n) is 21.8. The highest BCUT2D eigenvalue weighted by Crippen LogP contribution is 2.33. The molecule has 0 N–H and O–H groups in total. The molecule has 0 bridgehead atoms. The van der Waals surface area contributed by atoms with E-state index >= 15 is 0 Å². The van der Waals surface area contributed by atoms with Crippen molar-refractivity contribution >= 4 is 11.8 Å². The topological polar surface area (TPSA) is 61.8 Å². The summed E-state index contributed by atoms with van der Waals surface area (Å²) in [5.41, 5.74) is 3.51. The third kappa shape index (κ3) is 8.16. The summed E-state index contributed by atoms with van der Waals surface area (Å²) < 4.78 is 5.53. The molecule has 0 aliphatic heterocycles. The van der Waals surface area contributed by atoms with Crippen LogP contribution in [-0.4, -0.2) is 25.0 Å². The van der Waals surface area contributed by atoms with Crippen molar-refractivity contribution in [3.05, 3.63) is 102 Å². The third-order valence-corrected chi connectivity index (χ3v) is 6.20. The first-order valence-electron chi connectivity index (χ1n) is 13.0. The van der Waals surface area contributed by atoms with Crippen molar-refractivity contribution in [1.29, 1.82) is 0 Å². The van der Waals surface area contributed by atoms with E-state index in [1.807, 2.05) is 43.3 Å². The van der Waals surface area contributed by atoms with Gasteiger partial charge in [0.25, 0.3) is 0 Å². The lowest BCUT2D eigenvalue weighted by Gasteiger charge is -2.18. The molecule has 0 saturated carbocycles. The van der Waals surface area contributed by atoms with E-state index in [9.17, 15) is 9.59 Å². The van der Waals surface area contributed by atoms with E-state index in [0.29, 0.717) is 30.1 Å². The Balaban J connectivity index is 1.78. The van der Waals surface area contributed by atoms with E-state index in [1.165, 1.54) is 12.8 Å². The van der Waals surface area contributed by atoms with Crippen molar-refractivity contribution in [3.63, 3.8) is 0 Å². The van der Waals surface area contributed by atoms with E-state index in [1.54, 1.807) is 42.5 Å². The van der Waals surface area contributed by atoms with Crippen LogP contribution in [0.2, 0.25) is 0 Å². The van der Waals surface area contributed by atoms with Crippen LogP contribution in [0.1, 0.15) is 78.1 Å². The van der Waals surface area contributed by atoms with Gasteiger partial charge in [-0.2, -0.15) is 4.89 Å². The highest BCUT2D eigenvalue weighted by molar-refractivity contribution is 6.02. The van der Waals surface area contributed by atoms with E-state index in [-0.39, 0.29) is 5.78 Å². The predicted octanol–water partition coefficient (Wildman–Crippen LogP) is 7.96. The van der Waals surface area contributed by atoms with Gasteiger partial charge < -0.3 is 4.74 Å². The number of ether oxygens (including phenoxy) is 1. The number of unbranched alkanes of at least 4 members (excludes halogenated alkanes) is 4. The Bertz CT molecular complexity index is 1150. The van der Waals surface area contributed by atoms with Crippen LogP contribution < -0.4 is 4.74 Å². The summed E-state index contributed by atoms with van der Waals surface area (Å²) in [7, 11) is 0. The van der Waals surface area contributed by atoms with Gasteiger partial charge in [0.15, 0.2) is 5.78 Å². The maximum Gasteiger partial charge on any atom is 0.373 e. The van der Waals surface area contributed by atoms with Crippen molar-refractivity contribution in [2.45, 2.75) is 51.9 Å². The van der Waals surface area contributed by atoms with Crippen LogP contribution in [0, 0.1) is 0 Å². The van der Waals surface area contributed by atoms with Gasteiger partial charge in [-0.25, -0.2) is 4.79 Å². The molecule has 194 valence electrons. The molecule has 1 unspecified atom stereocenters. The lowest BCUT2D eigenvalue weighted by Crippen LogP contribution is -2.13. The average molecular weight is 501 g/mol. The molecule has 0 spiro atoms. The molecular weight excluding hydrogens is 464 g/mol. The molecule has 1 atom stereocenters. The number of carbonyl (C=O) groups excluding carboxylic acids is 2. The Morgan fingerprint density at radius 2 is 1.59 bits per heavy atom. The fourth-order valence-electron chi connectivity index (χ4n) is 4.10. The van der Waals surface area contributed by atoms with Gasteiger partial charge in [0.05, 0.1) is 12.2 Å². The number of rotatable bonds is 15. The van der Waals surface area contributed by atoms with Crippen molar-refractivity contribution in [3.8, 4) is 16.9 Å². The molecule has 0 aliphatic carbocycles. The molecular formula is C32H36O5. The van der Waals surface area contributed by atoms with E-state index in [0.717, 1.165) is 36.0 Å². The average Bonchev–Trinajstić information content (AvgIpc) is 2.95. The number of hydrogen-bond acceptors (Lipinski definition) is 5. The fourth-order valence-corrected chi connectivity index (χ4v) is 4.10. The summed E-state index contributed by atoms with van der Waals surface area (Å²) in [4.78, 5) is 36.4. The molecule has 0 saturated heterocycles. The largest absolute Gasteiger partial charge is 0.490 e. The Hall–Kier alpha value is -3.70. The van der Waals surface area contributed by atoms with Crippen molar-refractivity contribution < 1.29 is 24.1 Å². The zero-order valence-corrected chi connectivity index (χ0v) is 21.8.